The first-order chi connectivity index (χ1) is 8.53. The van der Waals surface area contributed by atoms with Gasteiger partial charge in [0.25, 0.3) is 0 Å². The van der Waals surface area contributed by atoms with Gasteiger partial charge in [0.1, 0.15) is 0 Å². The zero-order chi connectivity index (χ0) is 13.2. The lowest BCUT2D eigenvalue weighted by Gasteiger charge is -2.38. The van der Waals surface area contributed by atoms with Gasteiger partial charge in [0.15, 0.2) is 0 Å². The number of hydrogen-bond acceptors (Lipinski definition) is 3. The van der Waals surface area contributed by atoms with E-state index in [4.69, 9.17) is 5.11 Å². The minimum atomic E-state index is -0.742. The highest BCUT2D eigenvalue weighted by Crippen LogP contribution is 2.31. The molecule has 2 saturated heterocycles. The van der Waals surface area contributed by atoms with Crippen LogP contribution in [-0.2, 0) is 9.59 Å². The molecule has 2 aliphatic rings. The van der Waals surface area contributed by atoms with Crippen molar-refractivity contribution in [3.05, 3.63) is 0 Å². The second-order valence-electron chi connectivity index (χ2n) is 5.73. The van der Waals surface area contributed by atoms with Crippen LogP contribution < -0.4 is 5.32 Å². The molecule has 0 saturated carbocycles. The van der Waals surface area contributed by atoms with Crippen LogP contribution in [0.4, 0.5) is 0 Å². The molecule has 0 aliphatic carbocycles. The lowest BCUT2D eigenvalue weighted by molar-refractivity contribution is -0.153. The summed E-state index contributed by atoms with van der Waals surface area (Å²) in [5.41, 5.74) is -0.651. The molecule has 5 nitrogen and oxygen atoms in total. The summed E-state index contributed by atoms with van der Waals surface area (Å²) >= 11 is 0. The van der Waals surface area contributed by atoms with Crippen molar-refractivity contribution in [2.24, 2.45) is 11.3 Å². The third-order valence-electron chi connectivity index (χ3n) is 4.34. The Kier molecular flexibility index (Phi) is 3.90. The highest BCUT2D eigenvalue weighted by Gasteiger charge is 2.39. The van der Waals surface area contributed by atoms with Crippen LogP contribution in [0, 0.1) is 11.3 Å². The van der Waals surface area contributed by atoms with Crippen LogP contribution in [-0.4, -0.2) is 48.1 Å². The standard InChI is InChI=1S/C13H22N2O3/c1-13(12(17)18)4-7-15(8-5-13)11(16)10-3-2-6-14-9-10/h10,14H,2-9H2,1H3,(H,17,18)/t10-/m1/s1. The molecule has 2 fully saturated rings. The Balaban J connectivity index is 1.89. The molecule has 0 spiro atoms. The molecule has 0 unspecified atom stereocenters. The first kappa shape index (κ1) is 13.3. The monoisotopic (exact) mass is 254 g/mol. The minimum absolute atomic E-state index is 0.0907. The van der Waals surface area contributed by atoms with Gasteiger partial charge in [-0.25, -0.2) is 0 Å². The molecular formula is C13H22N2O3. The molecule has 1 atom stereocenters. The van der Waals surface area contributed by atoms with E-state index in [-0.39, 0.29) is 11.8 Å². The topological polar surface area (TPSA) is 69.6 Å². The molecule has 2 rings (SSSR count). The summed E-state index contributed by atoms with van der Waals surface area (Å²) in [5, 5.41) is 12.4. The molecule has 18 heavy (non-hydrogen) atoms. The molecule has 0 bridgehead atoms. The predicted octanol–water partition coefficient (Wildman–Crippen LogP) is 0.699. The van der Waals surface area contributed by atoms with E-state index in [0.717, 1.165) is 25.9 Å². The molecule has 0 aromatic carbocycles. The summed E-state index contributed by atoms with van der Waals surface area (Å²) in [6.45, 7) is 4.71. The average Bonchev–Trinajstić information content (AvgIpc) is 2.40. The van der Waals surface area contributed by atoms with Crippen molar-refractivity contribution in [1.29, 1.82) is 0 Å². The minimum Gasteiger partial charge on any atom is -0.481 e. The van der Waals surface area contributed by atoms with Gasteiger partial charge in [0, 0.05) is 19.6 Å². The highest BCUT2D eigenvalue weighted by atomic mass is 16.4. The number of carbonyl (C=O) groups excluding carboxylic acids is 1. The number of likely N-dealkylation sites (tertiary alicyclic amines) is 1. The number of piperidine rings is 2. The summed E-state index contributed by atoms with van der Waals surface area (Å²) < 4.78 is 0. The third kappa shape index (κ3) is 2.66. The lowest BCUT2D eigenvalue weighted by Crippen LogP contribution is -2.49. The SMILES string of the molecule is CC1(C(=O)O)CCN(C(=O)[C@@H]2CCCNC2)CC1. The molecule has 0 radical (unpaired) electrons. The van der Waals surface area contributed by atoms with Crippen molar-refractivity contribution >= 4 is 11.9 Å². The Bertz CT molecular complexity index is 329. The summed E-state index contributed by atoms with van der Waals surface area (Å²) in [4.78, 5) is 25.3. The molecule has 5 heteroatoms. The lowest BCUT2D eigenvalue weighted by atomic mass is 9.80. The first-order valence-electron chi connectivity index (χ1n) is 6.76. The fraction of sp³-hybridized carbons (Fsp3) is 0.846. The summed E-state index contributed by atoms with van der Waals surface area (Å²) in [6.07, 6.45) is 3.14. The summed E-state index contributed by atoms with van der Waals surface area (Å²) in [5.74, 6) is -0.448. The smallest absolute Gasteiger partial charge is 0.309 e. The largest absolute Gasteiger partial charge is 0.481 e. The van der Waals surface area contributed by atoms with Crippen molar-refractivity contribution in [3.63, 3.8) is 0 Å². The van der Waals surface area contributed by atoms with Gasteiger partial charge in [0.05, 0.1) is 11.3 Å². The summed E-state index contributed by atoms with van der Waals surface area (Å²) in [7, 11) is 0. The molecule has 2 N–H and O–H groups in total. The van der Waals surface area contributed by atoms with Gasteiger partial charge in [-0.05, 0) is 39.2 Å². The van der Waals surface area contributed by atoms with E-state index < -0.39 is 11.4 Å². The van der Waals surface area contributed by atoms with Crippen LogP contribution in [0.25, 0.3) is 0 Å². The van der Waals surface area contributed by atoms with Gasteiger partial charge in [-0.1, -0.05) is 0 Å². The van der Waals surface area contributed by atoms with Crippen LogP contribution in [0.1, 0.15) is 32.6 Å². The maximum Gasteiger partial charge on any atom is 0.309 e. The average molecular weight is 254 g/mol. The number of carboxylic acid groups (broad SMARTS) is 1. The predicted molar refractivity (Wildman–Crippen MR) is 67.2 cm³/mol. The van der Waals surface area contributed by atoms with E-state index in [9.17, 15) is 9.59 Å². The normalized spacial score (nSPS) is 27.8. The third-order valence-corrected chi connectivity index (χ3v) is 4.34. The molecule has 102 valence electrons. The zero-order valence-corrected chi connectivity index (χ0v) is 10.9. The number of hydrogen-bond donors (Lipinski definition) is 2. The number of aliphatic carboxylic acids is 1. The number of amides is 1. The molecular weight excluding hydrogens is 232 g/mol. The maximum atomic E-state index is 12.3. The van der Waals surface area contributed by atoms with Crippen LogP contribution >= 0.6 is 0 Å². The van der Waals surface area contributed by atoms with E-state index in [0.29, 0.717) is 25.9 Å². The van der Waals surface area contributed by atoms with E-state index >= 15 is 0 Å². The van der Waals surface area contributed by atoms with Gasteiger partial charge >= 0.3 is 5.97 Å². The summed E-state index contributed by atoms with van der Waals surface area (Å²) in [6, 6.07) is 0. The van der Waals surface area contributed by atoms with Crippen molar-refractivity contribution in [3.8, 4) is 0 Å². The Morgan fingerprint density at radius 1 is 1.33 bits per heavy atom. The molecule has 0 aromatic heterocycles. The molecule has 1 amide bonds. The van der Waals surface area contributed by atoms with Crippen molar-refractivity contribution in [2.45, 2.75) is 32.6 Å². The van der Waals surface area contributed by atoms with Gasteiger partial charge in [-0.3, -0.25) is 9.59 Å². The van der Waals surface area contributed by atoms with Crippen molar-refractivity contribution in [2.75, 3.05) is 26.2 Å². The van der Waals surface area contributed by atoms with E-state index in [1.165, 1.54) is 0 Å². The Morgan fingerprint density at radius 3 is 2.50 bits per heavy atom. The maximum absolute atomic E-state index is 12.3. The van der Waals surface area contributed by atoms with Crippen LogP contribution in [0.2, 0.25) is 0 Å². The van der Waals surface area contributed by atoms with Crippen LogP contribution in [0.5, 0.6) is 0 Å². The van der Waals surface area contributed by atoms with Crippen LogP contribution in [0.3, 0.4) is 0 Å². The number of nitrogens with one attached hydrogen (secondary N) is 1. The van der Waals surface area contributed by atoms with Crippen molar-refractivity contribution < 1.29 is 14.7 Å². The number of carboxylic acids is 1. The molecule has 0 aromatic rings. The number of carbonyl (C=O) groups is 2. The molecule has 2 aliphatic heterocycles. The van der Waals surface area contributed by atoms with E-state index in [1.54, 1.807) is 6.92 Å². The number of rotatable bonds is 2. The Hall–Kier alpha value is -1.10. The fourth-order valence-electron chi connectivity index (χ4n) is 2.76. The Morgan fingerprint density at radius 2 is 2.00 bits per heavy atom. The molecule has 2 heterocycles. The second kappa shape index (κ2) is 5.26. The van der Waals surface area contributed by atoms with E-state index in [2.05, 4.69) is 5.32 Å². The van der Waals surface area contributed by atoms with Gasteiger partial charge < -0.3 is 15.3 Å². The first-order valence-corrected chi connectivity index (χ1v) is 6.76. The van der Waals surface area contributed by atoms with Gasteiger partial charge in [-0.2, -0.15) is 0 Å². The van der Waals surface area contributed by atoms with Crippen LogP contribution in [0.15, 0.2) is 0 Å². The van der Waals surface area contributed by atoms with Crippen molar-refractivity contribution in [1.82, 2.24) is 10.2 Å². The number of nitrogens with zero attached hydrogens (tertiary/aromatic N) is 1. The fourth-order valence-corrected chi connectivity index (χ4v) is 2.76. The quantitative estimate of drug-likeness (QED) is 0.761. The second-order valence-corrected chi connectivity index (χ2v) is 5.73. The van der Waals surface area contributed by atoms with E-state index in [1.807, 2.05) is 4.90 Å². The zero-order valence-electron chi connectivity index (χ0n) is 10.9. The van der Waals surface area contributed by atoms with Gasteiger partial charge in [0.2, 0.25) is 5.91 Å². The Labute approximate surface area is 108 Å². The van der Waals surface area contributed by atoms with Gasteiger partial charge in [-0.15, -0.1) is 0 Å². The highest BCUT2D eigenvalue weighted by molar-refractivity contribution is 5.80.